The molecule has 0 aliphatic heterocycles. The lowest BCUT2D eigenvalue weighted by Crippen LogP contribution is -2.22. The van der Waals surface area contributed by atoms with Crippen molar-refractivity contribution in [3.63, 3.8) is 0 Å². The summed E-state index contributed by atoms with van der Waals surface area (Å²) in [4.78, 5) is 18.8. The molecule has 0 amide bonds. The van der Waals surface area contributed by atoms with Crippen molar-refractivity contribution in [2.24, 2.45) is 5.73 Å². The van der Waals surface area contributed by atoms with Crippen molar-refractivity contribution in [3.05, 3.63) is 18.2 Å². The number of nitrogens with two attached hydrogens (primary N) is 1. The molecule has 0 atom stereocenters. The van der Waals surface area contributed by atoms with Crippen LogP contribution in [0.25, 0.3) is 0 Å². The first kappa shape index (κ1) is 9.60. The molecular weight excluding hydrogens is 168 g/mol. The summed E-state index contributed by atoms with van der Waals surface area (Å²) in [6.45, 7) is 2.08. The highest BCUT2D eigenvalue weighted by atomic mass is 16.1. The summed E-state index contributed by atoms with van der Waals surface area (Å²) in [6.07, 6.45) is 3.26. The van der Waals surface area contributed by atoms with Crippen LogP contribution in [-0.4, -0.2) is 28.8 Å². The molecule has 0 aromatic carbocycles. The lowest BCUT2D eigenvalue weighted by atomic mass is 10.4. The number of hydrogen-bond donors (Lipinski definition) is 2. The fourth-order valence-electron chi connectivity index (χ4n) is 0.757. The number of anilines is 1. The van der Waals surface area contributed by atoms with E-state index >= 15 is 0 Å². The van der Waals surface area contributed by atoms with Crippen molar-refractivity contribution < 1.29 is 4.79 Å². The highest BCUT2D eigenvalue weighted by molar-refractivity contribution is 5.84. The van der Waals surface area contributed by atoms with Gasteiger partial charge in [-0.3, -0.25) is 4.79 Å². The van der Waals surface area contributed by atoms with E-state index in [0.29, 0.717) is 5.82 Å². The van der Waals surface area contributed by atoms with Gasteiger partial charge >= 0.3 is 0 Å². The van der Waals surface area contributed by atoms with Crippen molar-refractivity contribution in [1.82, 2.24) is 9.97 Å². The van der Waals surface area contributed by atoms with Crippen LogP contribution in [0.15, 0.2) is 12.4 Å². The predicted octanol–water partition coefficient (Wildman–Crippen LogP) is -0.275. The zero-order valence-corrected chi connectivity index (χ0v) is 7.45. The summed E-state index contributed by atoms with van der Waals surface area (Å²) in [5.74, 6) is 0.663. The topological polar surface area (TPSA) is 80.9 Å². The highest BCUT2D eigenvalue weighted by Gasteiger charge is 1.98. The first-order chi connectivity index (χ1) is 6.22. The van der Waals surface area contributed by atoms with Crippen LogP contribution in [0, 0.1) is 6.92 Å². The number of Topliss-reactive ketones (excluding diaryl/α,β-unsaturated/α-hetero) is 1. The van der Waals surface area contributed by atoms with Gasteiger partial charge in [0.1, 0.15) is 5.82 Å². The highest BCUT2D eigenvalue weighted by Crippen LogP contribution is 2.00. The molecule has 0 saturated carbocycles. The normalized spacial score (nSPS) is 9.69. The smallest absolute Gasteiger partial charge is 0.165 e. The summed E-state index contributed by atoms with van der Waals surface area (Å²) in [6, 6.07) is 0. The molecule has 0 unspecified atom stereocenters. The summed E-state index contributed by atoms with van der Waals surface area (Å²) in [7, 11) is 0. The van der Waals surface area contributed by atoms with Gasteiger partial charge in [-0.2, -0.15) is 0 Å². The molecule has 1 aromatic heterocycles. The maximum absolute atomic E-state index is 10.8. The van der Waals surface area contributed by atoms with Gasteiger partial charge in [0.05, 0.1) is 31.2 Å². The Kier molecular flexibility index (Phi) is 3.33. The van der Waals surface area contributed by atoms with Crippen LogP contribution in [0.1, 0.15) is 5.82 Å². The lowest BCUT2D eigenvalue weighted by molar-refractivity contribution is -0.116. The molecule has 13 heavy (non-hydrogen) atoms. The lowest BCUT2D eigenvalue weighted by Gasteiger charge is -2.02. The average Bonchev–Trinajstić information content (AvgIpc) is 2.16. The minimum atomic E-state index is -0.0411. The van der Waals surface area contributed by atoms with Crippen molar-refractivity contribution in [2.75, 3.05) is 18.4 Å². The quantitative estimate of drug-likeness (QED) is 0.666. The minimum Gasteiger partial charge on any atom is -0.375 e. The van der Waals surface area contributed by atoms with Crippen molar-refractivity contribution >= 4 is 11.5 Å². The zero-order chi connectivity index (χ0) is 9.68. The van der Waals surface area contributed by atoms with Gasteiger partial charge in [-0.15, -0.1) is 0 Å². The number of hydrogen-bond acceptors (Lipinski definition) is 5. The van der Waals surface area contributed by atoms with Gasteiger partial charge < -0.3 is 11.1 Å². The molecule has 0 saturated heterocycles. The van der Waals surface area contributed by atoms with Crippen LogP contribution in [0.3, 0.4) is 0 Å². The van der Waals surface area contributed by atoms with Crippen LogP contribution in [0.5, 0.6) is 0 Å². The van der Waals surface area contributed by atoms with Gasteiger partial charge in [0, 0.05) is 0 Å². The first-order valence-corrected chi connectivity index (χ1v) is 3.96. The van der Waals surface area contributed by atoms with E-state index in [9.17, 15) is 4.79 Å². The number of carbonyl (C=O) groups is 1. The van der Waals surface area contributed by atoms with Gasteiger partial charge in [-0.25, -0.2) is 9.97 Å². The number of rotatable bonds is 4. The van der Waals surface area contributed by atoms with Gasteiger partial charge in [0.2, 0.25) is 0 Å². The Morgan fingerprint density at radius 2 is 2.15 bits per heavy atom. The van der Waals surface area contributed by atoms with Crippen LogP contribution >= 0.6 is 0 Å². The minimum absolute atomic E-state index is 0.0411. The van der Waals surface area contributed by atoms with E-state index in [1.54, 1.807) is 19.3 Å². The third-order valence-electron chi connectivity index (χ3n) is 1.50. The van der Waals surface area contributed by atoms with Gasteiger partial charge in [-0.1, -0.05) is 0 Å². The van der Waals surface area contributed by atoms with E-state index in [4.69, 9.17) is 5.73 Å². The second kappa shape index (κ2) is 4.51. The Morgan fingerprint density at radius 1 is 1.54 bits per heavy atom. The molecule has 0 aliphatic carbocycles. The van der Waals surface area contributed by atoms with Gasteiger partial charge in [-0.05, 0) is 6.92 Å². The maximum Gasteiger partial charge on any atom is 0.165 e. The van der Waals surface area contributed by atoms with E-state index in [2.05, 4.69) is 15.3 Å². The maximum atomic E-state index is 10.8. The molecule has 0 aliphatic rings. The Balaban J connectivity index is 2.46. The van der Waals surface area contributed by atoms with E-state index in [1.165, 1.54) is 0 Å². The Bertz CT molecular complexity index is 283. The van der Waals surface area contributed by atoms with E-state index in [-0.39, 0.29) is 18.9 Å². The molecule has 5 heteroatoms. The summed E-state index contributed by atoms with van der Waals surface area (Å²) in [5.41, 5.74) is 5.87. The van der Waals surface area contributed by atoms with Crippen molar-refractivity contribution in [1.29, 1.82) is 0 Å². The Labute approximate surface area is 76.4 Å². The van der Waals surface area contributed by atoms with E-state index in [1.807, 2.05) is 0 Å². The number of nitrogens with zero attached hydrogens (tertiary/aromatic N) is 2. The molecule has 5 nitrogen and oxygen atoms in total. The Morgan fingerprint density at radius 3 is 2.69 bits per heavy atom. The number of nitrogens with one attached hydrogen (secondary N) is 1. The molecule has 1 aromatic rings. The number of ketones is 1. The standard InChI is InChI=1S/C8H12N4O/c1-6-10-3-7(4-11-6)12-5-8(13)2-9/h3-4,12H,2,5,9H2,1H3. The fourth-order valence-corrected chi connectivity index (χ4v) is 0.757. The van der Waals surface area contributed by atoms with Crippen molar-refractivity contribution in [3.8, 4) is 0 Å². The van der Waals surface area contributed by atoms with Crippen LogP contribution in [-0.2, 0) is 4.79 Å². The van der Waals surface area contributed by atoms with E-state index in [0.717, 1.165) is 5.69 Å². The van der Waals surface area contributed by atoms with Crippen LogP contribution in [0.2, 0.25) is 0 Å². The number of aryl methyl sites for hydroxylation is 1. The predicted molar refractivity (Wildman–Crippen MR) is 49.3 cm³/mol. The monoisotopic (exact) mass is 180 g/mol. The molecule has 3 N–H and O–H groups in total. The van der Waals surface area contributed by atoms with Crippen LogP contribution in [0.4, 0.5) is 5.69 Å². The molecule has 1 rings (SSSR count). The Hall–Kier alpha value is -1.49. The second-order valence-corrected chi connectivity index (χ2v) is 2.62. The summed E-state index contributed by atoms with van der Waals surface area (Å²) >= 11 is 0. The summed E-state index contributed by atoms with van der Waals surface area (Å²) in [5, 5.41) is 2.87. The molecule has 0 radical (unpaired) electrons. The molecule has 70 valence electrons. The fraction of sp³-hybridized carbons (Fsp3) is 0.375. The largest absolute Gasteiger partial charge is 0.375 e. The molecule has 0 fully saturated rings. The third-order valence-corrected chi connectivity index (χ3v) is 1.50. The second-order valence-electron chi connectivity index (χ2n) is 2.62. The number of carbonyl (C=O) groups excluding carboxylic acids is 1. The van der Waals surface area contributed by atoms with Crippen LogP contribution < -0.4 is 11.1 Å². The van der Waals surface area contributed by atoms with E-state index < -0.39 is 0 Å². The van der Waals surface area contributed by atoms with Gasteiger partial charge in [0.25, 0.3) is 0 Å². The zero-order valence-electron chi connectivity index (χ0n) is 7.45. The molecule has 0 bridgehead atoms. The molecule has 0 spiro atoms. The van der Waals surface area contributed by atoms with Gasteiger partial charge in [0.15, 0.2) is 5.78 Å². The SMILES string of the molecule is Cc1ncc(NCC(=O)CN)cn1. The third kappa shape index (κ3) is 3.16. The number of aromatic nitrogens is 2. The van der Waals surface area contributed by atoms with Crippen molar-refractivity contribution in [2.45, 2.75) is 6.92 Å². The average molecular weight is 180 g/mol. The summed E-state index contributed by atoms with van der Waals surface area (Å²) < 4.78 is 0. The molecular formula is C8H12N4O. The molecule has 1 heterocycles. The first-order valence-electron chi connectivity index (χ1n) is 3.96.